The number of rotatable bonds is 10. The minimum Gasteiger partial charge on any atom is -0.381 e. The second kappa shape index (κ2) is 10.7. The van der Waals surface area contributed by atoms with Crippen molar-refractivity contribution in [2.75, 3.05) is 26.4 Å². The molecular weight excluding hydrogens is 236 g/mol. The van der Waals surface area contributed by atoms with Gasteiger partial charge in [-0.05, 0) is 43.4 Å². The van der Waals surface area contributed by atoms with E-state index in [1.165, 1.54) is 44.9 Å². The predicted molar refractivity (Wildman–Crippen MR) is 81.4 cm³/mol. The molecule has 0 aromatic heterocycles. The van der Waals surface area contributed by atoms with Crippen molar-refractivity contribution in [1.29, 1.82) is 0 Å². The molecule has 3 unspecified atom stereocenters. The molecule has 0 heterocycles. The Morgan fingerprint density at radius 1 is 0.842 bits per heavy atom. The summed E-state index contributed by atoms with van der Waals surface area (Å²) in [5, 5.41) is 0. The minimum absolute atomic E-state index is 0.724. The fraction of sp³-hybridized carbons (Fsp3) is 1.00. The van der Waals surface area contributed by atoms with Crippen molar-refractivity contribution in [1.82, 2.24) is 0 Å². The van der Waals surface area contributed by atoms with Gasteiger partial charge in [0, 0.05) is 26.4 Å². The lowest BCUT2D eigenvalue weighted by atomic mass is 9.75. The van der Waals surface area contributed by atoms with Gasteiger partial charge in [0.25, 0.3) is 0 Å². The van der Waals surface area contributed by atoms with Crippen LogP contribution in [-0.4, -0.2) is 26.4 Å². The number of hydrogen-bond acceptors (Lipinski definition) is 2. The molecule has 0 spiro atoms. The molecule has 3 atom stereocenters. The van der Waals surface area contributed by atoms with Crippen LogP contribution in [-0.2, 0) is 9.47 Å². The Balaban J connectivity index is 2.24. The Morgan fingerprint density at radius 3 is 2.00 bits per heavy atom. The quantitative estimate of drug-likeness (QED) is 0.537. The molecule has 0 bridgehead atoms. The van der Waals surface area contributed by atoms with Gasteiger partial charge in [-0.25, -0.2) is 0 Å². The predicted octanol–water partition coefficient (Wildman–Crippen LogP) is 4.67. The zero-order valence-corrected chi connectivity index (χ0v) is 13.3. The minimum atomic E-state index is 0.724. The summed E-state index contributed by atoms with van der Waals surface area (Å²) in [6.07, 6.45) is 8.87. The average Bonchev–Trinajstić information content (AvgIpc) is 2.41. The van der Waals surface area contributed by atoms with E-state index in [9.17, 15) is 0 Å². The van der Waals surface area contributed by atoms with Crippen LogP contribution in [0.25, 0.3) is 0 Å². The third-order valence-electron chi connectivity index (χ3n) is 4.35. The first kappa shape index (κ1) is 17.0. The van der Waals surface area contributed by atoms with Gasteiger partial charge in [-0.1, -0.05) is 40.0 Å². The molecule has 0 aromatic carbocycles. The molecule has 1 rings (SSSR count). The fourth-order valence-electron chi connectivity index (χ4n) is 2.95. The van der Waals surface area contributed by atoms with E-state index in [4.69, 9.17) is 9.47 Å². The average molecular weight is 270 g/mol. The highest BCUT2D eigenvalue weighted by Crippen LogP contribution is 2.34. The zero-order chi connectivity index (χ0) is 13.9. The summed E-state index contributed by atoms with van der Waals surface area (Å²) < 4.78 is 11.7. The summed E-state index contributed by atoms with van der Waals surface area (Å²) in [6.45, 7) is 10.6. The van der Waals surface area contributed by atoms with Crippen molar-refractivity contribution in [3.8, 4) is 0 Å². The third kappa shape index (κ3) is 7.31. The lowest BCUT2D eigenvalue weighted by Crippen LogP contribution is -2.31. The number of ether oxygens (including phenoxy) is 2. The van der Waals surface area contributed by atoms with Crippen LogP contribution >= 0.6 is 0 Å². The Hall–Kier alpha value is -0.0800. The Labute approximate surface area is 120 Å². The van der Waals surface area contributed by atoms with E-state index in [1.54, 1.807) is 0 Å². The largest absolute Gasteiger partial charge is 0.381 e. The summed E-state index contributed by atoms with van der Waals surface area (Å²) in [7, 11) is 0. The lowest BCUT2D eigenvalue weighted by molar-refractivity contribution is 0.00318. The van der Waals surface area contributed by atoms with E-state index in [0.717, 1.165) is 44.2 Å². The van der Waals surface area contributed by atoms with Crippen LogP contribution in [0.3, 0.4) is 0 Å². The molecule has 0 aromatic rings. The standard InChI is InChI=1S/C17H34O2/c1-4-6-10-18-13-16-9-8-15(3)12-17(16)14-19-11-7-5-2/h15-17H,4-14H2,1-3H3. The van der Waals surface area contributed by atoms with E-state index < -0.39 is 0 Å². The second-order valence-corrected chi connectivity index (χ2v) is 6.30. The van der Waals surface area contributed by atoms with Crippen LogP contribution in [0.1, 0.15) is 65.7 Å². The van der Waals surface area contributed by atoms with Gasteiger partial charge in [0.05, 0.1) is 0 Å². The molecule has 2 nitrogen and oxygen atoms in total. The first-order chi connectivity index (χ1) is 9.27. The first-order valence-corrected chi connectivity index (χ1v) is 8.43. The SMILES string of the molecule is CCCCOCC1CCC(C)CC1COCCCC. The van der Waals surface area contributed by atoms with Crippen molar-refractivity contribution in [3.05, 3.63) is 0 Å². The number of unbranched alkanes of at least 4 members (excludes halogenated alkanes) is 2. The van der Waals surface area contributed by atoms with E-state index in [2.05, 4.69) is 20.8 Å². The summed E-state index contributed by atoms with van der Waals surface area (Å²) in [5.41, 5.74) is 0. The van der Waals surface area contributed by atoms with Gasteiger partial charge in [-0.15, -0.1) is 0 Å². The highest BCUT2D eigenvalue weighted by Gasteiger charge is 2.28. The van der Waals surface area contributed by atoms with Gasteiger partial charge in [-0.2, -0.15) is 0 Å². The molecule has 1 saturated carbocycles. The van der Waals surface area contributed by atoms with Crippen molar-refractivity contribution in [2.24, 2.45) is 17.8 Å². The molecule has 0 radical (unpaired) electrons. The maximum Gasteiger partial charge on any atom is 0.0497 e. The van der Waals surface area contributed by atoms with Crippen LogP contribution in [0.5, 0.6) is 0 Å². The molecule has 19 heavy (non-hydrogen) atoms. The van der Waals surface area contributed by atoms with Crippen molar-refractivity contribution in [2.45, 2.75) is 65.7 Å². The Bertz CT molecular complexity index is 205. The van der Waals surface area contributed by atoms with E-state index in [-0.39, 0.29) is 0 Å². The molecular formula is C17H34O2. The van der Waals surface area contributed by atoms with E-state index in [1.807, 2.05) is 0 Å². The lowest BCUT2D eigenvalue weighted by Gasteiger charge is -2.34. The van der Waals surface area contributed by atoms with E-state index >= 15 is 0 Å². The molecule has 0 N–H and O–H groups in total. The molecule has 0 saturated heterocycles. The van der Waals surface area contributed by atoms with Gasteiger partial charge in [0.2, 0.25) is 0 Å². The highest BCUT2D eigenvalue weighted by atomic mass is 16.5. The number of hydrogen-bond donors (Lipinski definition) is 0. The second-order valence-electron chi connectivity index (χ2n) is 6.30. The van der Waals surface area contributed by atoms with Gasteiger partial charge >= 0.3 is 0 Å². The molecule has 1 fully saturated rings. The highest BCUT2D eigenvalue weighted by molar-refractivity contribution is 4.78. The molecule has 1 aliphatic rings. The van der Waals surface area contributed by atoms with Gasteiger partial charge in [0.1, 0.15) is 0 Å². The molecule has 114 valence electrons. The third-order valence-corrected chi connectivity index (χ3v) is 4.35. The summed E-state index contributed by atoms with van der Waals surface area (Å²) in [4.78, 5) is 0. The normalized spacial score (nSPS) is 27.6. The summed E-state index contributed by atoms with van der Waals surface area (Å²) >= 11 is 0. The van der Waals surface area contributed by atoms with Gasteiger partial charge in [0.15, 0.2) is 0 Å². The van der Waals surface area contributed by atoms with Gasteiger partial charge < -0.3 is 9.47 Å². The Kier molecular flexibility index (Phi) is 9.54. The van der Waals surface area contributed by atoms with Crippen LogP contribution in [0, 0.1) is 17.8 Å². The van der Waals surface area contributed by atoms with Crippen LogP contribution in [0.15, 0.2) is 0 Å². The zero-order valence-electron chi connectivity index (χ0n) is 13.3. The fourth-order valence-corrected chi connectivity index (χ4v) is 2.95. The Morgan fingerprint density at radius 2 is 1.42 bits per heavy atom. The molecule has 0 amide bonds. The molecule has 0 aliphatic heterocycles. The van der Waals surface area contributed by atoms with E-state index in [0.29, 0.717) is 0 Å². The maximum atomic E-state index is 5.86. The smallest absolute Gasteiger partial charge is 0.0497 e. The van der Waals surface area contributed by atoms with Crippen molar-refractivity contribution >= 4 is 0 Å². The van der Waals surface area contributed by atoms with Crippen LogP contribution < -0.4 is 0 Å². The van der Waals surface area contributed by atoms with Crippen molar-refractivity contribution in [3.63, 3.8) is 0 Å². The molecule has 1 aliphatic carbocycles. The van der Waals surface area contributed by atoms with Crippen LogP contribution in [0.4, 0.5) is 0 Å². The van der Waals surface area contributed by atoms with Crippen LogP contribution in [0.2, 0.25) is 0 Å². The maximum absolute atomic E-state index is 5.86. The summed E-state index contributed by atoms with van der Waals surface area (Å²) in [6, 6.07) is 0. The molecule has 2 heteroatoms. The van der Waals surface area contributed by atoms with Gasteiger partial charge in [-0.3, -0.25) is 0 Å². The first-order valence-electron chi connectivity index (χ1n) is 8.43. The summed E-state index contributed by atoms with van der Waals surface area (Å²) in [5.74, 6) is 2.32. The monoisotopic (exact) mass is 270 g/mol. The van der Waals surface area contributed by atoms with Crippen molar-refractivity contribution < 1.29 is 9.47 Å². The topological polar surface area (TPSA) is 18.5 Å².